The van der Waals surface area contributed by atoms with Crippen LogP contribution in [0.15, 0.2) is 94.3 Å². The topological polar surface area (TPSA) is 128 Å². The Morgan fingerprint density at radius 2 is 0.897 bits per heavy atom. The number of aliphatic imine (C=N–C) groups is 2. The molecule has 6 nitrogen and oxygen atoms in total. The Hall–Kier alpha value is -2.53. The average Bonchev–Trinajstić information content (AvgIpc) is 2.55. The molecule has 7 heteroatoms. The van der Waals surface area contributed by atoms with Crippen LogP contribution in [0.2, 0.25) is 0 Å². The molecule has 0 unspecified atom stereocenters. The Kier molecular flexibility index (Phi) is 18.9. The number of hydrogen-bond acceptors (Lipinski definition) is 4. The van der Waals surface area contributed by atoms with Crippen LogP contribution in [0.5, 0.6) is 0 Å². The van der Waals surface area contributed by atoms with Gasteiger partial charge in [-0.2, -0.15) is 0 Å². The van der Waals surface area contributed by atoms with Gasteiger partial charge in [0.05, 0.1) is 11.4 Å². The minimum absolute atomic E-state index is 0. The summed E-state index contributed by atoms with van der Waals surface area (Å²) in [5.74, 6) is 0.0503. The molecule has 0 bridgehead atoms. The predicted molar refractivity (Wildman–Crippen MR) is 107 cm³/mol. The maximum absolute atomic E-state index is 10.7. The maximum atomic E-state index is 10.7. The fraction of sp³-hybridized carbons (Fsp3) is 0.182. The number of para-hydroxylation sites is 2. The number of benzene rings is 2. The molecular formula is C22H24MoN2O4-6. The summed E-state index contributed by atoms with van der Waals surface area (Å²) in [6.07, 6.45) is 3.04. The van der Waals surface area contributed by atoms with Crippen molar-refractivity contribution in [1.29, 1.82) is 0 Å². The zero-order valence-electron chi connectivity index (χ0n) is 16.9. The predicted octanol–water partition coefficient (Wildman–Crippen LogP) is 3.85. The molecular weight excluding hydrogens is 452 g/mol. The molecule has 158 valence electrons. The van der Waals surface area contributed by atoms with Gasteiger partial charge in [-0.25, -0.2) is 0 Å². The van der Waals surface area contributed by atoms with Gasteiger partial charge in [-0.05, 0) is 38.1 Å². The van der Waals surface area contributed by atoms with E-state index in [0.29, 0.717) is 0 Å². The molecule has 0 spiro atoms. The summed E-state index contributed by atoms with van der Waals surface area (Å²) in [5, 5.41) is 21.4. The van der Waals surface area contributed by atoms with E-state index in [9.17, 15) is 10.2 Å². The van der Waals surface area contributed by atoms with E-state index in [-0.39, 0.29) is 43.5 Å². The Morgan fingerprint density at radius 3 is 1.14 bits per heavy atom. The molecule has 2 rings (SSSR count). The van der Waals surface area contributed by atoms with Crippen molar-refractivity contribution < 1.29 is 42.2 Å². The monoisotopic (exact) mass is 478 g/mol. The van der Waals surface area contributed by atoms with Crippen LogP contribution >= 0.6 is 0 Å². The van der Waals surface area contributed by atoms with Crippen molar-refractivity contribution in [3.63, 3.8) is 0 Å². The summed E-state index contributed by atoms with van der Waals surface area (Å²) in [4.78, 5) is 8.48. The maximum Gasteiger partial charge on any atom is 0.0632 e. The summed E-state index contributed by atoms with van der Waals surface area (Å²) in [5.41, 5.74) is 3.22. The largest absolute Gasteiger partial charge is 2.00 e. The van der Waals surface area contributed by atoms with Crippen LogP contribution < -0.4 is 10.2 Å². The molecule has 2 aromatic rings. The van der Waals surface area contributed by atoms with Crippen molar-refractivity contribution >= 4 is 22.8 Å². The van der Waals surface area contributed by atoms with Crippen LogP contribution in [-0.4, -0.2) is 11.4 Å². The first kappa shape index (κ1) is 31.2. The third kappa shape index (κ3) is 16.2. The van der Waals surface area contributed by atoms with Crippen molar-refractivity contribution in [1.82, 2.24) is 0 Å². The van der Waals surface area contributed by atoms with Crippen LogP contribution in [0.25, 0.3) is 0 Å². The van der Waals surface area contributed by atoms with Crippen molar-refractivity contribution in [2.24, 2.45) is 9.98 Å². The zero-order valence-corrected chi connectivity index (χ0v) is 18.9. The molecule has 0 atom stereocenters. The van der Waals surface area contributed by atoms with Crippen molar-refractivity contribution in [3.05, 3.63) is 84.3 Å². The van der Waals surface area contributed by atoms with Gasteiger partial charge in [-0.3, -0.25) is 9.98 Å². The van der Waals surface area contributed by atoms with Crippen molar-refractivity contribution in [2.45, 2.75) is 27.7 Å². The molecule has 29 heavy (non-hydrogen) atoms. The van der Waals surface area contributed by atoms with E-state index in [2.05, 4.69) is 9.98 Å². The summed E-state index contributed by atoms with van der Waals surface area (Å²) in [6.45, 7) is 6.66. The fourth-order valence-corrected chi connectivity index (χ4v) is 2.07. The SMILES string of the molecule is CC(/C=C(/C)[O-])=Nc1ccccc1.CC(/C=C(/C)[O-])=Nc1ccccc1.[Mo].[O-2].[O-2]. The summed E-state index contributed by atoms with van der Waals surface area (Å²) < 4.78 is 0. The number of nitrogens with zero attached hydrogens (tertiary/aromatic N) is 2. The number of allylic oxidation sites excluding steroid dienone is 4. The number of hydrogen-bond donors (Lipinski definition) is 0. The summed E-state index contributed by atoms with van der Waals surface area (Å²) >= 11 is 0. The molecule has 0 aliphatic heterocycles. The van der Waals surface area contributed by atoms with Gasteiger partial charge in [-0.15, -0.1) is 11.5 Å². The van der Waals surface area contributed by atoms with Crippen molar-refractivity contribution in [2.75, 3.05) is 0 Å². The molecule has 0 radical (unpaired) electrons. The molecule has 0 fully saturated rings. The van der Waals surface area contributed by atoms with Gasteiger partial charge in [0.25, 0.3) is 0 Å². The van der Waals surface area contributed by atoms with Gasteiger partial charge in [-0.1, -0.05) is 62.4 Å². The summed E-state index contributed by atoms with van der Waals surface area (Å²) in [6, 6.07) is 19.1. The quantitative estimate of drug-likeness (QED) is 0.377. The second-order valence-corrected chi connectivity index (χ2v) is 5.69. The second-order valence-electron chi connectivity index (χ2n) is 5.69. The van der Waals surface area contributed by atoms with E-state index in [0.717, 1.165) is 22.8 Å². The van der Waals surface area contributed by atoms with E-state index >= 15 is 0 Å². The fourth-order valence-electron chi connectivity index (χ4n) is 2.07. The van der Waals surface area contributed by atoms with Gasteiger partial charge in [0, 0.05) is 32.5 Å². The normalized spacial score (nSPS) is 11.7. The van der Waals surface area contributed by atoms with E-state index in [1.165, 1.54) is 26.0 Å². The molecule has 0 aliphatic carbocycles. The molecule has 0 N–H and O–H groups in total. The van der Waals surface area contributed by atoms with Crippen LogP contribution in [0.3, 0.4) is 0 Å². The third-order valence-electron chi connectivity index (χ3n) is 2.95. The molecule has 2 aromatic carbocycles. The first-order chi connectivity index (χ1) is 12.4. The van der Waals surface area contributed by atoms with E-state index < -0.39 is 0 Å². The van der Waals surface area contributed by atoms with Crippen LogP contribution in [0.1, 0.15) is 27.7 Å². The smallest absolute Gasteiger partial charge is 0.0632 e. The minimum Gasteiger partial charge on any atom is -2.00 e. The first-order valence-corrected chi connectivity index (χ1v) is 8.28. The van der Waals surface area contributed by atoms with Crippen molar-refractivity contribution in [3.8, 4) is 0 Å². The Bertz CT molecular complexity index is 725. The average molecular weight is 476 g/mol. The van der Waals surface area contributed by atoms with Gasteiger partial charge >= 0.3 is 0 Å². The van der Waals surface area contributed by atoms with E-state index in [1.807, 2.05) is 74.5 Å². The Morgan fingerprint density at radius 1 is 0.621 bits per heavy atom. The standard InChI is InChI=1S/2C11H13NO.Mo.2O/c2*1-9(8-10(2)13)12-11-6-4-3-5-7-11;;;/h2*3-8,13H,1-2H3;;;/q;;;2*-2/p-2/b2*10-8-,12-9?;;;. The first-order valence-electron chi connectivity index (χ1n) is 8.28. The van der Waals surface area contributed by atoms with Gasteiger partial charge in [0.15, 0.2) is 0 Å². The molecule has 0 heterocycles. The molecule has 0 saturated heterocycles. The van der Waals surface area contributed by atoms with E-state index in [1.54, 1.807) is 0 Å². The third-order valence-corrected chi connectivity index (χ3v) is 2.95. The van der Waals surface area contributed by atoms with Gasteiger partial charge in [0.1, 0.15) is 0 Å². The molecule has 0 aliphatic rings. The molecule has 0 amide bonds. The Labute approximate surface area is 186 Å². The van der Waals surface area contributed by atoms with Gasteiger partial charge in [0.2, 0.25) is 0 Å². The van der Waals surface area contributed by atoms with Crippen LogP contribution in [0, 0.1) is 0 Å². The van der Waals surface area contributed by atoms with Crippen LogP contribution in [-0.2, 0) is 32.0 Å². The Balaban J connectivity index is -0.000000422. The minimum atomic E-state index is 0. The molecule has 0 saturated carbocycles. The van der Waals surface area contributed by atoms with E-state index in [4.69, 9.17) is 0 Å². The number of rotatable bonds is 4. The second kappa shape index (κ2) is 17.6. The molecule has 0 aromatic heterocycles. The zero-order chi connectivity index (χ0) is 19.4. The van der Waals surface area contributed by atoms with Gasteiger partial charge < -0.3 is 21.2 Å². The summed E-state index contributed by atoms with van der Waals surface area (Å²) in [7, 11) is 0. The van der Waals surface area contributed by atoms with Crippen LogP contribution in [0.4, 0.5) is 11.4 Å².